The van der Waals surface area contributed by atoms with Crippen molar-refractivity contribution in [1.82, 2.24) is 5.32 Å². The standard InChI is InChI=1S/C13H21N3O2S/c1-4-15-12(17)11-9(14)7-10(19-11)16-5-6-18-13(2,3)8-16/h7H,4-6,8,14H2,1-3H3,(H,15,17). The molecule has 0 unspecified atom stereocenters. The summed E-state index contributed by atoms with van der Waals surface area (Å²) in [6, 6.07) is 1.89. The Morgan fingerprint density at radius 3 is 3.00 bits per heavy atom. The van der Waals surface area contributed by atoms with Crippen molar-refractivity contribution in [3.05, 3.63) is 10.9 Å². The number of morpholine rings is 1. The summed E-state index contributed by atoms with van der Waals surface area (Å²) in [7, 11) is 0. The van der Waals surface area contributed by atoms with Gasteiger partial charge in [-0.1, -0.05) is 0 Å². The van der Waals surface area contributed by atoms with Gasteiger partial charge in [0, 0.05) is 19.6 Å². The van der Waals surface area contributed by atoms with Crippen molar-refractivity contribution >= 4 is 27.9 Å². The van der Waals surface area contributed by atoms with Gasteiger partial charge in [0.05, 0.1) is 22.9 Å². The summed E-state index contributed by atoms with van der Waals surface area (Å²) >= 11 is 1.45. The Hall–Kier alpha value is -1.27. The van der Waals surface area contributed by atoms with E-state index in [0.717, 1.165) is 18.1 Å². The minimum Gasteiger partial charge on any atom is -0.397 e. The Labute approximate surface area is 117 Å². The monoisotopic (exact) mass is 283 g/mol. The number of nitrogens with one attached hydrogen (secondary N) is 1. The van der Waals surface area contributed by atoms with Gasteiger partial charge in [-0.2, -0.15) is 0 Å². The number of hydrogen-bond donors (Lipinski definition) is 2. The predicted octanol–water partition coefficient (Wildman–Crippen LogP) is 1.70. The Morgan fingerprint density at radius 1 is 1.63 bits per heavy atom. The van der Waals surface area contributed by atoms with Crippen LogP contribution in [0.25, 0.3) is 0 Å². The van der Waals surface area contributed by atoms with Gasteiger partial charge in [0.15, 0.2) is 0 Å². The summed E-state index contributed by atoms with van der Waals surface area (Å²) in [5.74, 6) is -0.0937. The topological polar surface area (TPSA) is 67.6 Å². The van der Waals surface area contributed by atoms with Crippen molar-refractivity contribution in [1.29, 1.82) is 0 Å². The first-order valence-electron chi connectivity index (χ1n) is 6.49. The van der Waals surface area contributed by atoms with Gasteiger partial charge in [-0.15, -0.1) is 11.3 Å². The molecule has 1 fully saturated rings. The molecule has 0 spiro atoms. The number of thiophene rings is 1. The molecule has 0 atom stereocenters. The number of nitrogen functional groups attached to an aromatic ring is 1. The lowest BCUT2D eigenvalue weighted by atomic mass is 10.1. The van der Waals surface area contributed by atoms with E-state index in [0.29, 0.717) is 23.7 Å². The number of rotatable bonds is 3. The van der Waals surface area contributed by atoms with Crippen molar-refractivity contribution in [2.75, 3.05) is 36.9 Å². The second kappa shape index (κ2) is 5.38. The number of anilines is 2. The van der Waals surface area contributed by atoms with E-state index in [1.807, 2.05) is 13.0 Å². The minimum atomic E-state index is -0.164. The number of nitrogens with two attached hydrogens (primary N) is 1. The molecule has 0 aliphatic carbocycles. The van der Waals surface area contributed by atoms with Crippen LogP contribution < -0.4 is 16.0 Å². The summed E-state index contributed by atoms with van der Waals surface area (Å²) < 4.78 is 5.69. The average molecular weight is 283 g/mol. The van der Waals surface area contributed by atoms with Gasteiger partial charge in [-0.05, 0) is 26.8 Å². The molecular weight excluding hydrogens is 262 g/mol. The number of carbonyl (C=O) groups excluding carboxylic acids is 1. The lowest BCUT2D eigenvalue weighted by Crippen LogP contribution is -2.48. The molecule has 1 amide bonds. The van der Waals surface area contributed by atoms with E-state index in [9.17, 15) is 4.79 Å². The minimum absolute atomic E-state index is 0.0937. The zero-order valence-corrected chi connectivity index (χ0v) is 12.5. The van der Waals surface area contributed by atoms with E-state index >= 15 is 0 Å². The van der Waals surface area contributed by atoms with E-state index in [1.165, 1.54) is 11.3 Å². The normalized spacial score (nSPS) is 18.4. The highest BCUT2D eigenvalue weighted by Crippen LogP contribution is 2.34. The van der Waals surface area contributed by atoms with Crippen molar-refractivity contribution in [2.24, 2.45) is 0 Å². The molecule has 0 saturated carbocycles. The first kappa shape index (κ1) is 14.1. The maximum absolute atomic E-state index is 11.9. The van der Waals surface area contributed by atoms with E-state index in [1.54, 1.807) is 0 Å². The Kier molecular flexibility index (Phi) is 4.01. The Balaban J connectivity index is 2.17. The molecule has 1 aromatic heterocycles. The fourth-order valence-electron chi connectivity index (χ4n) is 2.17. The number of ether oxygens (including phenoxy) is 1. The van der Waals surface area contributed by atoms with E-state index in [-0.39, 0.29) is 11.5 Å². The van der Waals surface area contributed by atoms with Crippen LogP contribution in [0, 0.1) is 0 Å². The average Bonchev–Trinajstić information content (AvgIpc) is 2.70. The molecule has 5 nitrogen and oxygen atoms in total. The molecule has 0 radical (unpaired) electrons. The summed E-state index contributed by atoms with van der Waals surface area (Å²) in [5.41, 5.74) is 6.33. The van der Waals surface area contributed by atoms with E-state index in [4.69, 9.17) is 10.5 Å². The number of carbonyl (C=O) groups is 1. The zero-order chi connectivity index (χ0) is 14.0. The van der Waals surface area contributed by atoms with Crippen LogP contribution in [0.3, 0.4) is 0 Å². The number of nitrogens with zero attached hydrogens (tertiary/aromatic N) is 1. The van der Waals surface area contributed by atoms with Crippen LogP contribution in [0.2, 0.25) is 0 Å². The molecule has 0 bridgehead atoms. The lowest BCUT2D eigenvalue weighted by Gasteiger charge is -2.38. The van der Waals surface area contributed by atoms with Crippen molar-refractivity contribution < 1.29 is 9.53 Å². The van der Waals surface area contributed by atoms with Crippen LogP contribution in [0.4, 0.5) is 10.7 Å². The highest BCUT2D eigenvalue weighted by atomic mass is 32.1. The fourth-order valence-corrected chi connectivity index (χ4v) is 3.19. The molecule has 6 heteroatoms. The summed E-state index contributed by atoms with van der Waals surface area (Å²) in [4.78, 5) is 14.7. The highest BCUT2D eigenvalue weighted by molar-refractivity contribution is 7.18. The SMILES string of the molecule is CCNC(=O)c1sc(N2CCOC(C)(C)C2)cc1N. The molecule has 1 aromatic rings. The van der Waals surface area contributed by atoms with Crippen molar-refractivity contribution in [3.63, 3.8) is 0 Å². The Bertz CT molecular complexity index is 470. The maximum atomic E-state index is 11.9. The molecule has 0 aromatic carbocycles. The van der Waals surface area contributed by atoms with Gasteiger partial charge < -0.3 is 20.7 Å². The fraction of sp³-hybridized carbons (Fsp3) is 0.615. The van der Waals surface area contributed by atoms with Gasteiger partial charge >= 0.3 is 0 Å². The number of hydrogen-bond acceptors (Lipinski definition) is 5. The summed E-state index contributed by atoms with van der Waals surface area (Å²) in [5, 5.41) is 3.82. The quantitative estimate of drug-likeness (QED) is 0.886. The van der Waals surface area contributed by atoms with Gasteiger partial charge in [0.25, 0.3) is 5.91 Å². The highest BCUT2D eigenvalue weighted by Gasteiger charge is 2.29. The molecular formula is C13H21N3O2S. The molecule has 2 rings (SSSR count). The van der Waals surface area contributed by atoms with Crippen LogP contribution in [-0.4, -0.2) is 37.7 Å². The molecule has 2 heterocycles. The number of amides is 1. The largest absolute Gasteiger partial charge is 0.397 e. The second-order valence-electron chi connectivity index (χ2n) is 5.26. The third kappa shape index (κ3) is 3.19. The van der Waals surface area contributed by atoms with E-state index < -0.39 is 0 Å². The Morgan fingerprint density at radius 2 is 2.37 bits per heavy atom. The third-order valence-corrected chi connectivity index (χ3v) is 4.24. The lowest BCUT2D eigenvalue weighted by molar-refractivity contribution is -0.0275. The smallest absolute Gasteiger partial charge is 0.263 e. The van der Waals surface area contributed by atoms with Crippen LogP contribution in [0.5, 0.6) is 0 Å². The molecule has 19 heavy (non-hydrogen) atoms. The zero-order valence-electron chi connectivity index (χ0n) is 11.7. The third-order valence-electron chi connectivity index (χ3n) is 3.03. The molecule has 106 valence electrons. The van der Waals surface area contributed by atoms with E-state index in [2.05, 4.69) is 24.1 Å². The first-order valence-corrected chi connectivity index (χ1v) is 7.31. The van der Waals surface area contributed by atoms with Gasteiger partial charge in [-0.3, -0.25) is 4.79 Å². The predicted molar refractivity (Wildman–Crippen MR) is 79.0 cm³/mol. The van der Waals surface area contributed by atoms with Gasteiger partial charge in [0.2, 0.25) is 0 Å². The molecule has 1 aliphatic rings. The second-order valence-corrected chi connectivity index (χ2v) is 6.29. The van der Waals surface area contributed by atoms with Gasteiger partial charge in [-0.25, -0.2) is 0 Å². The maximum Gasteiger partial charge on any atom is 0.263 e. The van der Waals surface area contributed by atoms with Gasteiger partial charge in [0.1, 0.15) is 4.88 Å². The first-order chi connectivity index (χ1) is 8.93. The van der Waals surface area contributed by atoms with Crippen LogP contribution in [-0.2, 0) is 4.74 Å². The van der Waals surface area contributed by atoms with Crippen LogP contribution in [0.1, 0.15) is 30.4 Å². The molecule has 1 saturated heterocycles. The van der Waals surface area contributed by atoms with Crippen LogP contribution in [0.15, 0.2) is 6.07 Å². The summed E-state index contributed by atoms with van der Waals surface area (Å²) in [6.07, 6.45) is 0. The van der Waals surface area contributed by atoms with Crippen molar-refractivity contribution in [2.45, 2.75) is 26.4 Å². The van der Waals surface area contributed by atoms with Crippen LogP contribution >= 0.6 is 11.3 Å². The summed E-state index contributed by atoms with van der Waals surface area (Å²) in [6.45, 7) is 8.98. The molecule has 3 N–H and O–H groups in total. The molecule has 1 aliphatic heterocycles. The van der Waals surface area contributed by atoms with Crippen molar-refractivity contribution in [3.8, 4) is 0 Å².